The highest BCUT2D eigenvalue weighted by atomic mass is 16.5. The normalized spacial score (nSPS) is 17.9. The second-order valence-electron chi connectivity index (χ2n) is 5.57. The van der Waals surface area contributed by atoms with Crippen molar-refractivity contribution in [3.05, 3.63) is 34.4 Å². The average Bonchev–Trinajstić information content (AvgIpc) is 2.37. The molecular weight excluding hydrogens is 254 g/mol. The van der Waals surface area contributed by atoms with Crippen LogP contribution < -0.4 is 0 Å². The van der Waals surface area contributed by atoms with E-state index in [9.17, 15) is 9.90 Å². The lowest BCUT2D eigenvalue weighted by molar-refractivity contribution is -0.139. The third kappa shape index (κ3) is 3.38. The Morgan fingerprint density at radius 1 is 1.25 bits per heavy atom. The molecule has 1 aliphatic rings. The van der Waals surface area contributed by atoms with E-state index in [4.69, 9.17) is 4.74 Å². The molecule has 1 heterocycles. The van der Waals surface area contributed by atoms with Crippen molar-refractivity contribution in [1.82, 2.24) is 4.90 Å². The minimum Gasteiger partial charge on any atom is -0.481 e. The second-order valence-corrected chi connectivity index (χ2v) is 5.57. The number of ether oxygens (including phenoxy) is 1. The summed E-state index contributed by atoms with van der Waals surface area (Å²) in [4.78, 5) is 13.5. The van der Waals surface area contributed by atoms with Gasteiger partial charge in [-0.25, -0.2) is 0 Å². The number of hydrogen-bond acceptors (Lipinski definition) is 3. The molecule has 0 amide bonds. The molecular formula is C16H23NO3. The molecule has 20 heavy (non-hydrogen) atoms. The Morgan fingerprint density at radius 2 is 1.80 bits per heavy atom. The van der Waals surface area contributed by atoms with Crippen LogP contribution in [0.5, 0.6) is 0 Å². The quantitative estimate of drug-likeness (QED) is 0.918. The third-order valence-electron chi connectivity index (χ3n) is 3.93. The van der Waals surface area contributed by atoms with Crippen LogP contribution in [-0.4, -0.2) is 42.3 Å². The third-order valence-corrected chi connectivity index (χ3v) is 3.93. The van der Waals surface area contributed by atoms with E-state index in [-0.39, 0.29) is 12.5 Å². The molecule has 0 aliphatic carbocycles. The van der Waals surface area contributed by atoms with Crippen LogP contribution in [0.25, 0.3) is 0 Å². The predicted octanol–water partition coefficient (Wildman–Crippen LogP) is 2.46. The summed E-state index contributed by atoms with van der Waals surface area (Å²) >= 11 is 0. The molecule has 4 heteroatoms. The maximum Gasteiger partial charge on any atom is 0.305 e. The lowest BCUT2D eigenvalue weighted by Gasteiger charge is -2.35. The van der Waals surface area contributed by atoms with Gasteiger partial charge < -0.3 is 9.84 Å². The van der Waals surface area contributed by atoms with Gasteiger partial charge in [0.25, 0.3) is 0 Å². The van der Waals surface area contributed by atoms with Crippen LogP contribution in [0, 0.1) is 20.8 Å². The van der Waals surface area contributed by atoms with Crippen LogP contribution in [-0.2, 0) is 9.53 Å². The maximum atomic E-state index is 11.3. The zero-order valence-electron chi connectivity index (χ0n) is 12.5. The minimum absolute atomic E-state index is 0.0583. The van der Waals surface area contributed by atoms with Crippen LogP contribution >= 0.6 is 0 Å². The van der Waals surface area contributed by atoms with Gasteiger partial charge in [-0.15, -0.1) is 0 Å². The highest BCUT2D eigenvalue weighted by Crippen LogP contribution is 2.31. The summed E-state index contributed by atoms with van der Waals surface area (Å²) < 4.78 is 5.38. The highest BCUT2D eigenvalue weighted by Gasteiger charge is 2.27. The van der Waals surface area contributed by atoms with Gasteiger partial charge in [-0.2, -0.15) is 0 Å². The molecule has 1 unspecified atom stereocenters. The number of carbonyl (C=O) groups is 1. The number of benzene rings is 1. The zero-order chi connectivity index (χ0) is 14.7. The summed E-state index contributed by atoms with van der Waals surface area (Å²) in [5, 5.41) is 9.25. The lowest BCUT2D eigenvalue weighted by Crippen LogP contribution is -2.40. The molecule has 0 bridgehead atoms. The topological polar surface area (TPSA) is 49.8 Å². The van der Waals surface area contributed by atoms with Crippen molar-refractivity contribution in [2.24, 2.45) is 0 Å². The lowest BCUT2D eigenvalue weighted by atomic mass is 9.91. The van der Waals surface area contributed by atoms with Crippen LogP contribution in [0.1, 0.15) is 34.7 Å². The van der Waals surface area contributed by atoms with Gasteiger partial charge in [0.1, 0.15) is 0 Å². The van der Waals surface area contributed by atoms with Gasteiger partial charge in [-0.1, -0.05) is 17.7 Å². The minimum atomic E-state index is -0.749. The first kappa shape index (κ1) is 15.0. The van der Waals surface area contributed by atoms with E-state index >= 15 is 0 Å². The van der Waals surface area contributed by atoms with E-state index in [0.717, 1.165) is 13.1 Å². The van der Waals surface area contributed by atoms with Gasteiger partial charge in [0, 0.05) is 19.1 Å². The van der Waals surface area contributed by atoms with Crippen molar-refractivity contribution in [3.63, 3.8) is 0 Å². The molecule has 0 saturated carbocycles. The first-order valence-corrected chi connectivity index (χ1v) is 7.10. The van der Waals surface area contributed by atoms with Crippen LogP contribution in [0.4, 0.5) is 0 Å². The molecule has 1 aromatic carbocycles. The molecule has 0 radical (unpaired) electrons. The summed E-state index contributed by atoms with van der Waals surface area (Å²) in [6.07, 6.45) is 0.144. The second kappa shape index (κ2) is 6.37. The van der Waals surface area contributed by atoms with E-state index in [0.29, 0.717) is 13.2 Å². The number of nitrogens with zero attached hydrogens (tertiary/aromatic N) is 1. The van der Waals surface area contributed by atoms with E-state index in [1.165, 1.54) is 22.3 Å². The SMILES string of the molecule is Cc1cc(C)c(C(CC(=O)O)N2CCOCC2)c(C)c1. The van der Waals surface area contributed by atoms with E-state index < -0.39 is 5.97 Å². The zero-order valence-corrected chi connectivity index (χ0v) is 12.5. The van der Waals surface area contributed by atoms with Crippen LogP contribution in [0.15, 0.2) is 12.1 Å². The Balaban J connectivity index is 2.37. The molecule has 1 aliphatic heterocycles. The van der Waals surface area contributed by atoms with Gasteiger partial charge in [-0.3, -0.25) is 9.69 Å². The van der Waals surface area contributed by atoms with Crippen molar-refractivity contribution in [2.45, 2.75) is 33.2 Å². The van der Waals surface area contributed by atoms with Crippen molar-refractivity contribution in [3.8, 4) is 0 Å². The molecule has 0 aromatic heterocycles. The summed E-state index contributed by atoms with van der Waals surface area (Å²) in [5.41, 5.74) is 4.75. The molecule has 2 rings (SSSR count). The number of carboxylic acids is 1. The fourth-order valence-corrected chi connectivity index (χ4v) is 3.19. The van der Waals surface area contributed by atoms with Crippen LogP contribution in [0.2, 0.25) is 0 Å². The molecule has 1 aromatic rings. The number of hydrogen-bond donors (Lipinski definition) is 1. The van der Waals surface area contributed by atoms with Gasteiger partial charge >= 0.3 is 5.97 Å². The molecule has 1 N–H and O–H groups in total. The summed E-state index contributed by atoms with van der Waals surface area (Å²) in [5.74, 6) is -0.749. The van der Waals surface area contributed by atoms with Crippen molar-refractivity contribution < 1.29 is 14.6 Å². The van der Waals surface area contributed by atoms with Gasteiger partial charge in [-0.05, 0) is 37.5 Å². The number of aliphatic carboxylic acids is 1. The Bertz CT molecular complexity index is 469. The summed E-state index contributed by atoms with van der Waals surface area (Å²) in [6, 6.07) is 4.21. The summed E-state index contributed by atoms with van der Waals surface area (Å²) in [7, 11) is 0. The van der Waals surface area contributed by atoms with Crippen LogP contribution in [0.3, 0.4) is 0 Å². The van der Waals surface area contributed by atoms with E-state index in [2.05, 4.69) is 37.8 Å². The highest BCUT2D eigenvalue weighted by molar-refractivity contribution is 5.68. The molecule has 110 valence electrons. The van der Waals surface area contributed by atoms with E-state index in [1.54, 1.807) is 0 Å². The Kier molecular flexibility index (Phi) is 4.78. The first-order chi connectivity index (χ1) is 9.49. The predicted molar refractivity (Wildman–Crippen MR) is 78.0 cm³/mol. The fourth-order valence-electron chi connectivity index (χ4n) is 3.19. The Labute approximate surface area is 120 Å². The molecule has 1 saturated heterocycles. The van der Waals surface area contributed by atoms with E-state index in [1.807, 2.05) is 0 Å². The van der Waals surface area contributed by atoms with Crippen molar-refractivity contribution in [2.75, 3.05) is 26.3 Å². The Hall–Kier alpha value is -1.39. The van der Waals surface area contributed by atoms with Crippen molar-refractivity contribution in [1.29, 1.82) is 0 Å². The smallest absolute Gasteiger partial charge is 0.305 e. The number of aryl methyl sites for hydroxylation is 3. The van der Waals surface area contributed by atoms with Gasteiger partial charge in [0.2, 0.25) is 0 Å². The average molecular weight is 277 g/mol. The Morgan fingerprint density at radius 3 is 2.30 bits per heavy atom. The molecule has 0 spiro atoms. The number of rotatable bonds is 4. The molecule has 1 atom stereocenters. The number of carboxylic acid groups (broad SMARTS) is 1. The first-order valence-electron chi connectivity index (χ1n) is 7.10. The fraction of sp³-hybridized carbons (Fsp3) is 0.562. The van der Waals surface area contributed by atoms with Gasteiger partial charge in [0.05, 0.1) is 19.6 Å². The monoisotopic (exact) mass is 277 g/mol. The molecule has 4 nitrogen and oxygen atoms in total. The number of morpholine rings is 1. The van der Waals surface area contributed by atoms with Crippen molar-refractivity contribution >= 4 is 5.97 Å². The largest absolute Gasteiger partial charge is 0.481 e. The standard InChI is InChI=1S/C16H23NO3/c1-11-8-12(2)16(13(3)9-11)14(10-15(18)19)17-4-6-20-7-5-17/h8-9,14H,4-7,10H2,1-3H3,(H,18,19). The molecule has 1 fully saturated rings. The van der Waals surface area contributed by atoms with Gasteiger partial charge in [0.15, 0.2) is 0 Å². The summed E-state index contributed by atoms with van der Waals surface area (Å²) in [6.45, 7) is 9.18. The maximum absolute atomic E-state index is 11.3.